The Kier molecular flexibility index (Phi) is 6.24. The molecule has 3 N–H and O–H groups in total. The summed E-state index contributed by atoms with van der Waals surface area (Å²) in [4.78, 5) is 29.1. The van der Waals surface area contributed by atoms with Crippen molar-refractivity contribution in [1.29, 1.82) is 5.26 Å². The maximum Gasteiger partial charge on any atom is 0.267 e. The zero-order valence-electron chi connectivity index (χ0n) is 19.1. The van der Waals surface area contributed by atoms with E-state index in [4.69, 9.17) is 22.6 Å². The molecule has 8 nitrogen and oxygen atoms in total. The number of nitrogens with two attached hydrogens (primary N) is 1. The van der Waals surface area contributed by atoms with Crippen molar-refractivity contribution in [3.63, 3.8) is 0 Å². The van der Waals surface area contributed by atoms with Gasteiger partial charge in [-0.25, -0.2) is 9.37 Å². The Labute approximate surface area is 205 Å². The van der Waals surface area contributed by atoms with Crippen LogP contribution in [0.15, 0.2) is 36.4 Å². The van der Waals surface area contributed by atoms with Gasteiger partial charge in [0.2, 0.25) is 0 Å². The lowest BCUT2D eigenvalue weighted by molar-refractivity contribution is 0.0996. The number of rotatable bonds is 5. The molecule has 176 valence electrons. The summed E-state index contributed by atoms with van der Waals surface area (Å²) in [6.07, 6.45) is 0. The first kappa shape index (κ1) is 23.9. The summed E-state index contributed by atoms with van der Waals surface area (Å²) < 4.78 is 15.7. The molecule has 0 unspecified atom stereocenters. The van der Waals surface area contributed by atoms with Gasteiger partial charge in [0.25, 0.3) is 11.8 Å². The van der Waals surface area contributed by atoms with Crippen molar-refractivity contribution in [2.75, 3.05) is 5.32 Å². The van der Waals surface area contributed by atoms with Crippen LogP contribution < -0.4 is 11.1 Å². The highest BCUT2D eigenvalue weighted by Crippen LogP contribution is 2.27. The standard InChI is InChI=1S/C25H20ClFN6O2/c1-12-6-15(4-5-16(12)10-28)11-33-14(3)23(13(2)32-33)31-25(35)18-8-22(24(29)34)30-21-9-20(27)19(26)7-17(18)21/h4-9H,11H2,1-3H3,(H2,29,34)(H,31,35). The topological polar surface area (TPSA) is 127 Å². The fraction of sp³-hybridized carbons (Fsp3) is 0.160. The Morgan fingerprint density at radius 1 is 1.20 bits per heavy atom. The zero-order chi connectivity index (χ0) is 25.4. The third-order valence-corrected chi connectivity index (χ3v) is 6.00. The van der Waals surface area contributed by atoms with E-state index in [0.717, 1.165) is 17.2 Å². The molecule has 0 bridgehead atoms. The summed E-state index contributed by atoms with van der Waals surface area (Å²) in [6.45, 7) is 5.88. The van der Waals surface area contributed by atoms with Gasteiger partial charge >= 0.3 is 0 Å². The number of anilines is 1. The number of nitrogens with one attached hydrogen (secondary N) is 1. The second-order valence-electron chi connectivity index (χ2n) is 8.12. The van der Waals surface area contributed by atoms with Crippen molar-refractivity contribution >= 4 is 40.0 Å². The van der Waals surface area contributed by atoms with Crippen LogP contribution >= 0.6 is 11.6 Å². The number of carbonyl (C=O) groups excluding carboxylic acids is 2. The number of carbonyl (C=O) groups is 2. The van der Waals surface area contributed by atoms with E-state index in [0.29, 0.717) is 29.2 Å². The molecule has 2 heterocycles. The first-order chi connectivity index (χ1) is 16.6. The van der Waals surface area contributed by atoms with Gasteiger partial charge in [-0.1, -0.05) is 23.7 Å². The number of aryl methyl sites for hydroxylation is 2. The highest BCUT2D eigenvalue weighted by Gasteiger charge is 2.20. The maximum atomic E-state index is 14.0. The number of nitrogens with zero attached hydrogens (tertiary/aromatic N) is 4. The lowest BCUT2D eigenvalue weighted by Gasteiger charge is -2.11. The lowest BCUT2D eigenvalue weighted by Crippen LogP contribution is -2.18. The largest absolute Gasteiger partial charge is 0.364 e. The SMILES string of the molecule is Cc1cc(Cn2nc(C)c(NC(=O)c3cc(C(N)=O)nc4cc(F)c(Cl)cc34)c2C)ccc1C#N. The third-order valence-electron chi connectivity index (χ3n) is 5.71. The first-order valence-electron chi connectivity index (χ1n) is 10.5. The second kappa shape index (κ2) is 9.16. The van der Waals surface area contributed by atoms with Crippen molar-refractivity contribution in [2.45, 2.75) is 27.3 Å². The van der Waals surface area contributed by atoms with Crippen LogP contribution in [0.2, 0.25) is 5.02 Å². The van der Waals surface area contributed by atoms with Gasteiger partial charge in [-0.3, -0.25) is 14.3 Å². The summed E-state index contributed by atoms with van der Waals surface area (Å²) in [7, 11) is 0. The highest BCUT2D eigenvalue weighted by molar-refractivity contribution is 6.31. The van der Waals surface area contributed by atoms with Crippen LogP contribution in [0.25, 0.3) is 10.9 Å². The molecular formula is C25H20ClFN6O2. The molecule has 0 aliphatic rings. The van der Waals surface area contributed by atoms with Crippen molar-refractivity contribution in [3.05, 3.63) is 86.6 Å². The Bertz CT molecular complexity index is 1570. The molecule has 4 rings (SSSR count). The summed E-state index contributed by atoms with van der Waals surface area (Å²) in [5.41, 5.74) is 9.54. The minimum atomic E-state index is -0.853. The predicted molar refractivity (Wildman–Crippen MR) is 130 cm³/mol. The summed E-state index contributed by atoms with van der Waals surface area (Å²) >= 11 is 5.93. The molecule has 35 heavy (non-hydrogen) atoms. The molecule has 0 aliphatic carbocycles. The number of hydrogen-bond acceptors (Lipinski definition) is 5. The molecule has 2 aromatic heterocycles. The van der Waals surface area contributed by atoms with E-state index in [9.17, 15) is 14.0 Å². The quantitative estimate of drug-likeness (QED) is 0.428. The van der Waals surface area contributed by atoms with Gasteiger partial charge in [0.1, 0.15) is 11.5 Å². The van der Waals surface area contributed by atoms with E-state index in [1.54, 1.807) is 17.7 Å². The van der Waals surface area contributed by atoms with Crippen LogP contribution in [0.3, 0.4) is 0 Å². The molecule has 0 radical (unpaired) electrons. The van der Waals surface area contributed by atoms with Gasteiger partial charge in [-0.2, -0.15) is 10.4 Å². The number of benzene rings is 2. The van der Waals surface area contributed by atoms with E-state index in [2.05, 4.69) is 21.5 Å². The first-order valence-corrected chi connectivity index (χ1v) is 10.9. The number of fused-ring (bicyclic) bond motifs is 1. The minimum Gasteiger partial charge on any atom is -0.364 e. The van der Waals surface area contributed by atoms with Gasteiger partial charge < -0.3 is 11.1 Å². The lowest BCUT2D eigenvalue weighted by atomic mass is 10.1. The van der Waals surface area contributed by atoms with Crippen LogP contribution in [-0.4, -0.2) is 26.6 Å². The minimum absolute atomic E-state index is 0.0694. The van der Waals surface area contributed by atoms with Gasteiger partial charge in [-0.05, 0) is 50.1 Å². The number of amides is 2. The molecule has 0 aliphatic heterocycles. The van der Waals surface area contributed by atoms with Crippen molar-refractivity contribution in [2.24, 2.45) is 5.73 Å². The smallest absolute Gasteiger partial charge is 0.267 e. The molecule has 0 spiro atoms. The van der Waals surface area contributed by atoms with Crippen LogP contribution in [0, 0.1) is 37.9 Å². The average Bonchev–Trinajstić information content (AvgIpc) is 3.06. The molecule has 0 fully saturated rings. The fourth-order valence-electron chi connectivity index (χ4n) is 3.87. The summed E-state index contributed by atoms with van der Waals surface area (Å²) in [6, 6.07) is 11.3. The molecule has 0 atom stereocenters. The number of hydrogen-bond donors (Lipinski definition) is 2. The average molecular weight is 491 g/mol. The van der Waals surface area contributed by atoms with Gasteiger partial charge in [0.05, 0.1) is 51.4 Å². The number of primary amides is 1. The highest BCUT2D eigenvalue weighted by atomic mass is 35.5. The molecule has 2 amide bonds. The maximum absolute atomic E-state index is 14.0. The number of aromatic nitrogens is 3. The molecule has 0 saturated heterocycles. The molecule has 2 aromatic carbocycles. The van der Waals surface area contributed by atoms with Crippen molar-refractivity contribution < 1.29 is 14.0 Å². The van der Waals surface area contributed by atoms with Crippen molar-refractivity contribution in [3.8, 4) is 6.07 Å². The number of nitriles is 1. The van der Waals surface area contributed by atoms with Gasteiger partial charge in [0.15, 0.2) is 0 Å². The van der Waals surface area contributed by atoms with Crippen LogP contribution in [0.1, 0.15) is 48.9 Å². The van der Waals surface area contributed by atoms with E-state index in [1.165, 1.54) is 12.1 Å². The Morgan fingerprint density at radius 3 is 2.60 bits per heavy atom. The van der Waals surface area contributed by atoms with E-state index in [1.807, 2.05) is 26.0 Å². The number of halogens is 2. The Morgan fingerprint density at radius 2 is 1.94 bits per heavy atom. The molecule has 10 heteroatoms. The van der Waals surface area contributed by atoms with Crippen molar-refractivity contribution in [1.82, 2.24) is 14.8 Å². The monoisotopic (exact) mass is 490 g/mol. The second-order valence-corrected chi connectivity index (χ2v) is 8.53. The van der Waals surface area contributed by atoms with E-state index in [-0.39, 0.29) is 27.2 Å². The summed E-state index contributed by atoms with van der Waals surface area (Å²) in [5, 5.41) is 16.6. The normalized spacial score (nSPS) is 10.9. The van der Waals surface area contributed by atoms with Crippen LogP contribution in [-0.2, 0) is 6.54 Å². The van der Waals surface area contributed by atoms with E-state index < -0.39 is 17.6 Å². The van der Waals surface area contributed by atoms with Gasteiger partial charge in [0, 0.05) is 11.5 Å². The summed E-state index contributed by atoms with van der Waals surface area (Å²) in [5.74, 6) is -2.14. The molecular weight excluding hydrogens is 471 g/mol. The Balaban J connectivity index is 1.70. The number of pyridine rings is 1. The zero-order valence-corrected chi connectivity index (χ0v) is 19.9. The van der Waals surface area contributed by atoms with Gasteiger partial charge in [-0.15, -0.1) is 0 Å². The van der Waals surface area contributed by atoms with Crippen LogP contribution in [0.5, 0.6) is 0 Å². The van der Waals surface area contributed by atoms with Crippen LogP contribution in [0.4, 0.5) is 10.1 Å². The van der Waals surface area contributed by atoms with E-state index >= 15 is 0 Å². The fourth-order valence-corrected chi connectivity index (χ4v) is 4.03. The predicted octanol–water partition coefficient (Wildman–Crippen LogP) is 4.42. The Hall–Kier alpha value is -4.29. The molecule has 4 aromatic rings. The third kappa shape index (κ3) is 4.56. The molecule has 0 saturated carbocycles.